The van der Waals surface area contributed by atoms with Gasteiger partial charge in [0.2, 0.25) is 5.91 Å². The van der Waals surface area contributed by atoms with Crippen LogP contribution in [-0.2, 0) is 24.3 Å². The van der Waals surface area contributed by atoms with Gasteiger partial charge in [-0.05, 0) is 30.5 Å². The van der Waals surface area contributed by atoms with E-state index in [1.54, 1.807) is 0 Å². The number of H-pyrrole nitrogens is 1. The van der Waals surface area contributed by atoms with Gasteiger partial charge in [0.05, 0.1) is 0 Å². The highest BCUT2D eigenvalue weighted by molar-refractivity contribution is 6.04. The zero-order chi connectivity index (χ0) is 17.9. The van der Waals surface area contributed by atoms with Crippen LogP contribution in [0.2, 0.25) is 0 Å². The topological polar surface area (TPSA) is 90.1 Å². The number of aromatic nitrogens is 2. The van der Waals surface area contributed by atoms with Crippen molar-refractivity contribution in [3.8, 4) is 0 Å². The minimum Gasteiger partial charge on any atom is -0.338 e. The minimum absolute atomic E-state index is 0. The van der Waals surface area contributed by atoms with E-state index in [-0.39, 0.29) is 24.2 Å². The predicted octanol–water partition coefficient (Wildman–Crippen LogP) is 2.24. The number of benzene rings is 1. The Balaban J connectivity index is 0.00000210. The van der Waals surface area contributed by atoms with E-state index >= 15 is 0 Å². The molecule has 0 unspecified atom stereocenters. The first-order valence-electron chi connectivity index (χ1n) is 9.15. The summed E-state index contributed by atoms with van der Waals surface area (Å²) in [6.07, 6.45) is 3.53. The summed E-state index contributed by atoms with van der Waals surface area (Å²) in [6, 6.07) is 7.67. The quantitative estimate of drug-likeness (QED) is 0.748. The molecule has 0 radical (unpaired) electrons. The highest BCUT2D eigenvalue weighted by atomic mass is 35.5. The Kier molecular flexibility index (Phi) is 6.13. The largest absolute Gasteiger partial charge is 0.338 e. The maximum atomic E-state index is 12.6. The second-order valence-electron chi connectivity index (χ2n) is 6.88. The number of aromatic amines is 1. The van der Waals surface area contributed by atoms with Gasteiger partial charge < -0.3 is 15.5 Å². The summed E-state index contributed by atoms with van der Waals surface area (Å²) in [5.41, 5.74) is 4.17. The molecule has 27 heavy (non-hydrogen) atoms. The van der Waals surface area contributed by atoms with Crippen molar-refractivity contribution in [1.29, 1.82) is 0 Å². The van der Waals surface area contributed by atoms with Crippen molar-refractivity contribution in [1.82, 2.24) is 20.4 Å². The maximum absolute atomic E-state index is 12.6. The van der Waals surface area contributed by atoms with E-state index in [1.165, 1.54) is 0 Å². The van der Waals surface area contributed by atoms with Crippen molar-refractivity contribution in [3.63, 3.8) is 0 Å². The highest BCUT2D eigenvalue weighted by Gasteiger charge is 2.22. The van der Waals surface area contributed by atoms with Crippen molar-refractivity contribution in [2.75, 3.05) is 18.4 Å². The molecular weight excluding hydrogens is 366 g/mol. The second kappa shape index (κ2) is 8.54. The standard InChI is InChI=1S/C19H23N5O2.ClH/c25-17-6-1-2-9-24(17)12-13-4-3-5-14(10-13)21-19(26)18-15-11-20-8-7-16(15)22-23-18;/h3-5,10,20H,1-2,6-9,11-12H2,(H,21,26)(H,22,23);1H. The highest BCUT2D eigenvalue weighted by Crippen LogP contribution is 2.19. The van der Waals surface area contributed by atoms with E-state index in [1.807, 2.05) is 29.2 Å². The second-order valence-corrected chi connectivity index (χ2v) is 6.88. The maximum Gasteiger partial charge on any atom is 0.276 e. The van der Waals surface area contributed by atoms with Gasteiger partial charge in [0.25, 0.3) is 5.91 Å². The molecule has 1 saturated heterocycles. The van der Waals surface area contributed by atoms with Crippen LogP contribution < -0.4 is 10.6 Å². The normalized spacial score (nSPS) is 16.4. The van der Waals surface area contributed by atoms with Crippen LogP contribution in [0.1, 0.15) is 46.6 Å². The fourth-order valence-corrected chi connectivity index (χ4v) is 3.60. The Bertz CT molecular complexity index is 835. The summed E-state index contributed by atoms with van der Waals surface area (Å²) in [7, 11) is 0. The number of carbonyl (C=O) groups is 2. The Morgan fingerprint density at radius 2 is 2.15 bits per heavy atom. The number of halogens is 1. The first-order valence-corrected chi connectivity index (χ1v) is 9.15. The molecule has 0 atom stereocenters. The van der Waals surface area contributed by atoms with Gasteiger partial charge in [-0.1, -0.05) is 12.1 Å². The lowest BCUT2D eigenvalue weighted by Gasteiger charge is -2.26. The van der Waals surface area contributed by atoms with Crippen LogP contribution in [0.5, 0.6) is 0 Å². The molecule has 2 aromatic rings. The molecule has 1 aromatic carbocycles. The number of hydrogen-bond donors (Lipinski definition) is 3. The number of amides is 2. The molecular formula is C19H24ClN5O2. The van der Waals surface area contributed by atoms with E-state index in [9.17, 15) is 9.59 Å². The summed E-state index contributed by atoms with van der Waals surface area (Å²) < 4.78 is 0. The molecule has 2 aliphatic heterocycles. The molecule has 2 aliphatic rings. The van der Waals surface area contributed by atoms with Crippen LogP contribution in [-0.4, -0.2) is 40.0 Å². The lowest BCUT2D eigenvalue weighted by molar-refractivity contribution is -0.133. The average Bonchev–Trinajstić information content (AvgIpc) is 3.08. The van der Waals surface area contributed by atoms with Gasteiger partial charge in [-0.2, -0.15) is 5.10 Å². The van der Waals surface area contributed by atoms with Crippen LogP contribution in [0.25, 0.3) is 0 Å². The third kappa shape index (κ3) is 4.31. The van der Waals surface area contributed by atoms with Gasteiger partial charge in [0, 0.05) is 56.0 Å². The van der Waals surface area contributed by atoms with Crippen LogP contribution in [0.3, 0.4) is 0 Å². The van der Waals surface area contributed by atoms with Crippen molar-refractivity contribution in [2.45, 2.75) is 38.8 Å². The molecule has 3 N–H and O–H groups in total. The Hall–Kier alpha value is -2.38. The lowest BCUT2D eigenvalue weighted by atomic mass is 10.1. The lowest BCUT2D eigenvalue weighted by Crippen LogP contribution is -2.34. The Morgan fingerprint density at radius 3 is 3.00 bits per heavy atom. The fourth-order valence-electron chi connectivity index (χ4n) is 3.60. The molecule has 1 fully saturated rings. The summed E-state index contributed by atoms with van der Waals surface area (Å²) in [4.78, 5) is 26.5. The number of fused-ring (bicyclic) bond motifs is 1. The Labute approximate surface area is 164 Å². The number of nitrogens with one attached hydrogen (secondary N) is 3. The number of likely N-dealkylation sites (tertiary alicyclic amines) is 1. The monoisotopic (exact) mass is 389 g/mol. The molecule has 0 spiro atoms. The van der Waals surface area contributed by atoms with Gasteiger partial charge in [-0.3, -0.25) is 14.7 Å². The number of carbonyl (C=O) groups excluding carboxylic acids is 2. The van der Waals surface area contributed by atoms with Crippen LogP contribution >= 0.6 is 12.4 Å². The van der Waals surface area contributed by atoms with Gasteiger partial charge in [0.15, 0.2) is 5.69 Å². The average molecular weight is 390 g/mol. The van der Waals surface area contributed by atoms with Gasteiger partial charge >= 0.3 is 0 Å². The zero-order valence-electron chi connectivity index (χ0n) is 15.1. The summed E-state index contributed by atoms with van der Waals surface area (Å²) in [5, 5.41) is 13.4. The molecule has 0 aliphatic carbocycles. The van der Waals surface area contributed by atoms with E-state index in [4.69, 9.17) is 0 Å². The van der Waals surface area contributed by atoms with E-state index in [0.717, 1.165) is 54.9 Å². The number of piperidine rings is 1. The number of anilines is 1. The fraction of sp³-hybridized carbons (Fsp3) is 0.421. The molecule has 4 rings (SSSR count). The summed E-state index contributed by atoms with van der Waals surface area (Å²) >= 11 is 0. The summed E-state index contributed by atoms with van der Waals surface area (Å²) in [6.45, 7) is 2.95. The molecule has 0 saturated carbocycles. The molecule has 0 bridgehead atoms. The molecule has 3 heterocycles. The van der Waals surface area contributed by atoms with Gasteiger partial charge in [-0.25, -0.2) is 0 Å². The third-order valence-corrected chi connectivity index (χ3v) is 5.00. The number of hydrogen-bond acceptors (Lipinski definition) is 4. The summed E-state index contributed by atoms with van der Waals surface area (Å²) in [5.74, 6) is -0.00117. The molecule has 7 nitrogen and oxygen atoms in total. The van der Waals surface area contributed by atoms with E-state index in [0.29, 0.717) is 25.2 Å². The van der Waals surface area contributed by atoms with E-state index < -0.39 is 0 Å². The van der Waals surface area contributed by atoms with Crippen LogP contribution in [0.4, 0.5) is 5.69 Å². The van der Waals surface area contributed by atoms with Crippen molar-refractivity contribution in [2.24, 2.45) is 0 Å². The van der Waals surface area contributed by atoms with Gasteiger partial charge in [0.1, 0.15) is 0 Å². The predicted molar refractivity (Wildman–Crippen MR) is 105 cm³/mol. The smallest absolute Gasteiger partial charge is 0.276 e. The number of nitrogens with zero attached hydrogens (tertiary/aromatic N) is 2. The van der Waals surface area contributed by atoms with Gasteiger partial charge in [-0.15, -0.1) is 12.4 Å². The minimum atomic E-state index is -0.211. The van der Waals surface area contributed by atoms with Crippen molar-refractivity contribution in [3.05, 3.63) is 46.8 Å². The van der Waals surface area contributed by atoms with E-state index in [2.05, 4.69) is 20.8 Å². The van der Waals surface area contributed by atoms with Crippen LogP contribution in [0.15, 0.2) is 24.3 Å². The first kappa shape index (κ1) is 19.4. The Morgan fingerprint density at radius 1 is 1.26 bits per heavy atom. The molecule has 8 heteroatoms. The zero-order valence-corrected chi connectivity index (χ0v) is 15.9. The first-order chi connectivity index (χ1) is 12.7. The van der Waals surface area contributed by atoms with Crippen LogP contribution in [0, 0.1) is 0 Å². The van der Waals surface area contributed by atoms with Crippen molar-refractivity contribution < 1.29 is 9.59 Å². The molecule has 1 aromatic heterocycles. The third-order valence-electron chi connectivity index (χ3n) is 5.00. The number of rotatable bonds is 4. The van der Waals surface area contributed by atoms with Crippen molar-refractivity contribution >= 4 is 29.9 Å². The molecule has 144 valence electrons. The molecule has 2 amide bonds. The SMILES string of the molecule is Cl.O=C(Nc1cccc(CN2CCCCC2=O)c1)c1n[nH]c2c1CNCC2.